The normalized spacial score (nSPS) is 15.3. The predicted molar refractivity (Wildman–Crippen MR) is 111 cm³/mol. The Kier molecular flexibility index (Phi) is 8.61. The van der Waals surface area contributed by atoms with E-state index in [4.69, 9.17) is 10.5 Å². The summed E-state index contributed by atoms with van der Waals surface area (Å²) >= 11 is 0. The molecule has 2 aromatic rings. The van der Waals surface area contributed by atoms with Crippen LogP contribution in [0.15, 0.2) is 59.6 Å². The standard InChI is InChI=1S/C20H26N4O.BrH/c21-20(22-14-17-5-2-1-3-6-17)23-15-18-7-4-8-19(13-18)16-24-9-11-25-12-10-24;/h1-8,13H,9-12,14-16H2,(H3,21,22,23);1H. The van der Waals surface area contributed by atoms with E-state index in [2.05, 4.69) is 51.6 Å². The van der Waals surface area contributed by atoms with Gasteiger partial charge < -0.3 is 15.8 Å². The molecule has 0 aromatic heterocycles. The zero-order valence-electron chi connectivity index (χ0n) is 14.9. The number of nitrogens with two attached hydrogens (primary N) is 1. The summed E-state index contributed by atoms with van der Waals surface area (Å²) in [7, 11) is 0. The molecule has 1 fully saturated rings. The van der Waals surface area contributed by atoms with Gasteiger partial charge in [-0.25, -0.2) is 4.99 Å². The number of nitrogens with zero attached hydrogens (tertiary/aromatic N) is 2. The van der Waals surface area contributed by atoms with Crippen molar-refractivity contribution in [2.24, 2.45) is 10.7 Å². The molecule has 1 saturated heterocycles. The van der Waals surface area contributed by atoms with Crippen LogP contribution in [0.1, 0.15) is 16.7 Å². The van der Waals surface area contributed by atoms with Crippen molar-refractivity contribution in [1.29, 1.82) is 0 Å². The average Bonchev–Trinajstić information content (AvgIpc) is 2.67. The summed E-state index contributed by atoms with van der Waals surface area (Å²) in [6.07, 6.45) is 0. The van der Waals surface area contributed by atoms with E-state index in [9.17, 15) is 0 Å². The minimum absolute atomic E-state index is 0. The van der Waals surface area contributed by atoms with E-state index < -0.39 is 0 Å². The Morgan fingerprint density at radius 2 is 1.69 bits per heavy atom. The third-order valence-corrected chi connectivity index (χ3v) is 4.25. The van der Waals surface area contributed by atoms with Gasteiger partial charge in [-0.1, -0.05) is 54.6 Å². The zero-order chi connectivity index (χ0) is 17.3. The molecule has 0 spiro atoms. The molecule has 0 bridgehead atoms. The number of ether oxygens (including phenoxy) is 1. The molecular formula is C20H27BrN4O. The van der Waals surface area contributed by atoms with E-state index in [1.165, 1.54) is 16.7 Å². The fourth-order valence-electron chi connectivity index (χ4n) is 2.86. The van der Waals surface area contributed by atoms with Gasteiger partial charge in [0.2, 0.25) is 0 Å². The summed E-state index contributed by atoms with van der Waals surface area (Å²) in [5, 5.41) is 3.16. The maximum absolute atomic E-state index is 5.97. The van der Waals surface area contributed by atoms with Crippen LogP contribution in [0.5, 0.6) is 0 Å². The van der Waals surface area contributed by atoms with Gasteiger partial charge in [0.25, 0.3) is 0 Å². The maximum Gasteiger partial charge on any atom is 0.189 e. The molecule has 0 atom stereocenters. The van der Waals surface area contributed by atoms with Gasteiger partial charge in [-0.15, -0.1) is 17.0 Å². The van der Waals surface area contributed by atoms with Crippen molar-refractivity contribution in [2.75, 3.05) is 26.3 Å². The lowest BCUT2D eigenvalue weighted by molar-refractivity contribution is 0.0342. The van der Waals surface area contributed by atoms with Crippen LogP contribution >= 0.6 is 17.0 Å². The molecule has 1 aliphatic rings. The van der Waals surface area contributed by atoms with E-state index in [1.54, 1.807) is 0 Å². The van der Waals surface area contributed by atoms with Gasteiger partial charge in [-0.2, -0.15) is 0 Å². The largest absolute Gasteiger partial charge is 0.379 e. The van der Waals surface area contributed by atoms with Crippen LogP contribution in [0.2, 0.25) is 0 Å². The van der Waals surface area contributed by atoms with Crippen LogP contribution in [-0.4, -0.2) is 37.2 Å². The molecule has 26 heavy (non-hydrogen) atoms. The van der Waals surface area contributed by atoms with Gasteiger partial charge in [0, 0.05) is 26.2 Å². The highest BCUT2D eigenvalue weighted by Crippen LogP contribution is 2.10. The number of morpholine rings is 1. The third-order valence-electron chi connectivity index (χ3n) is 4.25. The molecule has 3 N–H and O–H groups in total. The molecule has 0 radical (unpaired) electrons. The highest BCUT2D eigenvalue weighted by molar-refractivity contribution is 8.93. The third kappa shape index (κ3) is 6.78. The molecule has 3 rings (SSSR count). The van der Waals surface area contributed by atoms with E-state index >= 15 is 0 Å². The second-order valence-corrected chi connectivity index (χ2v) is 6.25. The Hall–Kier alpha value is -1.89. The van der Waals surface area contributed by atoms with Crippen LogP contribution in [0.3, 0.4) is 0 Å². The fraction of sp³-hybridized carbons (Fsp3) is 0.350. The van der Waals surface area contributed by atoms with Crippen LogP contribution in [0, 0.1) is 0 Å². The minimum atomic E-state index is 0. The first-order valence-corrected chi connectivity index (χ1v) is 8.75. The van der Waals surface area contributed by atoms with E-state index in [1.807, 2.05) is 18.2 Å². The van der Waals surface area contributed by atoms with Crippen molar-refractivity contribution >= 4 is 22.9 Å². The van der Waals surface area contributed by atoms with Crippen molar-refractivity contribution in [2.45, 2.75) is 19.6 Å². The van der Waals surface area contributed by atoms with Crippen molar-refractivity contribution in [3.05, 3.63) is 71.3 Å². The van der Waals surface area contributed by atoms with Crippen molar-refractivity contribution in [3.63, 3.8) is 0 Å². The second-order valence-electron chi connectivity index (χ2n) is 6.25. The molecule has 1 aliphatic heterocycles. The number of rotatable bonds is 6. The summed E-state index contributed by atoms with van der Waals surface area (Å²) in [6, 6.07) is 18.7. The first kappa shape index (κ1) is 20.4. The van der Waals surface area contributed by atoms with Crippen molar-refractivity contribution < 1.29 is 4.74 Å². The Bertz CT molecular complexity index is 687. The maximum atomic E-state index is 5.97. The zero-order valence-corrected chi connectivity index (χ0v) is 16.6. The molecule has 6 heteroatoms. The lowest BCUT2D eigenvalue weighted by Gasteiger charge is -2.26. The molecule has 0 amide bonds. The van der Waals surface area contributed by atoms with Gasteiger partial charge in [0.05, 0.1) is 19.8 Å². The quantitative estimate of drug-likeness (QED) is 0.559. The number of halogens is 1. The molecule has 0 saturated carbocycles. The van der Waals surface area contributed by atoms with Crippen LogP contribution in [0.4, 0.5) is 0 Å². The molecule has 1 heterocycles. The van der Waals surface area contributed by atoms with E-state index in [0.29, 0.717) is 19.0 Å². The first-order chi connectivity index (χ1) is 12.3. The number of hydrogen-bond acceptors (Lipinski definition) is 3. The van der Waals surface area contributed by atoms with Crippen molar-refractivity contribution in [3.8, 4) is 0 Å². The molecule has 0 aliphatic carbocycles. The Balaban J connectivity index is 0.00000243. The summed E-state index contributed by atoms with van der Waals surface area (Å²) in [5.74, 6) is 0.474. The molecular weight excluding hydrogens is 392 g/mol. The average molecular weight is 419 g/mol. The topological polar surface area (TPSA) is 62.9 Å². The summed E-state index contributed by atoms with van der Waals surface area (Å²) < 4.78 is 5.40. The van der Waals surface area contributed by atoms with Crippen molar-refractivity contribution in [1.82, 2.24) is 10.2 Å². The highest BCUT2D eigenvalue weighted by atomic mass is 79.9. The summed E-state index contributed by atoms with van der Waals surface area (Å²) in [4.78, 5) is 6.87. The summed E-state index contributed by atoms with van der Waals surface area (Å²) in [6.45, 7) is 5.89. The number of aliphatic imine (C=N–C) groups is 1. The lowest BCUT2D eigenvalue weighted by Crippen LogP contribution is -2.35. The lowest BCUT2D eigenvalue weighted by atomic mass is 10.1. The predicted octanol–water partition coefficient (Wildman–Crippen LogP) is 2.70. The molecule has 5 nitrogen and oxygen atoms in total. The Morgan fingerprint density at radius 3 is 2.46 bits per heavy atom. The fourth-order valence-corrected chi connectivity index (χ4v) is 2.86. The van der Waals surface area contributed by atoms with Gasteiger partial charge >= 0.3 is 0 Å². The van der Waals surface area contributed by atoms with E-state index in [0.717, 1.165) is 32.8 Å². The van der Waals surface area contributed by atoms with Crippen LogP contribution < -0.4 is 11.1 Å². The SMILES string of the molecule is Br.NC(=NCc1cccc(CN2CCOCC2)c1)NCc1ccccc1. The number of guanidine groups is 1. The van der Waals surface area contributed by atoms with Gasteiger partial charge in [-0.3, -0.25) is 4.90 Å². The van der Waals surface area contributed by atoms with Gasteiger partial charge in [-0.05, 0) is 16.7 Å². The van der Waals surface area contributed by atoms with Crippen LogP contribution in [0.25, 0.3) is 0 Å². The monoisotopic (exact) mass is 418 g/mol. The second kappa shape index (κ2) is 11.0. The highest BCUT2D eigenvalue weighted by Gasteiger charge is 2.10. The molecule has 140 valence electrons. The Labute approximate surface area is 166 Å². The van der Waals surface area contributed by atoms with Gasteiger partial charge in [0.15, 0.2) is 5.96 Å². The number of hydrogen-bond donors (Lipinski definition) is 2. The minimum Gasteiger partial charge on any atom is -0.379 e. The smallest absolute Gasteiger partial charge is 0.189 e. The van der Waals surface area contributed by atoms with E-state index in [-0.39, 0.29) is 17.0 Å². The first-order valence-electron chi connectivity index (χ1n) is 8.75. The van der Waals surface area contributed by atoms with Gasteiger partial charge in [0.1, 0.15) is 0 Å². The molecule has 0 unspecified atom stereocenters. The van der Waals surface area contributed by atoms with Crippen LogP contribution in [-0.2, 0) is 24.4 Å². The number of nitrogens with one attached hydrogen (secondary N) is 1. The molecule has 2 aromatic carbocycles. The summed E-state index contributed by atoms with van der Waals surface area (Å²) in [5.41, 5.74) is 9.65. The number of benzene rings is 2. The Morgan fingerprint density at radius 1 is 1.00 bits per heavy atom.